The Morgan fingerprint density at radius 2 is 2.27 bits per heavy atom. The Labute approximate surface area is 92.7 Å². The highest BCUT2D eigenvalue weighted by Crippen LogP contribution is 2.19. The van der Waals surface area contributed by atoms with E-state index in [2.05, 4.69) is 25.9 Å². The van der Waals surface area contributed by atoms with Gasteiger partial charge in [0, 0.05) is 22.3 Å². The van der Waals surface area contributed by atoms with E-state index in [4.69, 9.17) is 0 Å². The SMILES string of the molecule is O=c1[nH]c2ccc(Br)cc2c2nccn12. The van der Waals surface area contributed by atoms with Crippen LogP contribution in [-0.4, -0.2) is 14.4 Å². The zero-order chi connectivity index (χ0) is 10.4. The molecule has 0 fully saturated rings. The summed E-state index contributed by atoms with van der Waals surface area (Å²) in [5.74, 6) is 0. The van der Waals surface area contributed by atoms with Crippen LogP contribution in [0.15, 0.2) is 39.9 Å². The Hall–Kier alpha value is -1.62. The van der Waals surface area contributed by atoms with Crippen molar-refractivity contribution in [3.05, 3.63) is 45.5 Å². The van der Waals surface area contributed by atoms with Crippen molar-refractivity contribution in [2.75, 3.05) is 0 Å². The van der Waals surface area contributed by atoms with Crippen LogP contribution in [0.3, 0.4) is 0 Å². The van der Waals surface area contributed by atoms with Crippen LogP contribution in [0.2, 0.25) is 0 Å². The van der Waals surface area contributed by atoms with Crippen LogP contribution in [0.4, 0.5) is 0 Å². The van der Waals surface area contributed by atoms with Gasteiger partial charge in [-0.2, -0.15) is 0 Å². The van der Waals surface area contributed by atoms with Gasteiger partial charge in [-0.25, -0.2) is 9.78 Å². The lowest BCUT2D eigenvalue weighted by molar-refractivity contribution is 1.03. The first-order valence-corrected chi connectivity index (χ1v) is 5.19. The summed E-state index contributed by atoms with van der Waals surface area (Å²) in [6.07, 6.45) is 3.26. The molecule has 0 aliphatic heterocycles. The number of aromatic nitrogens is 3. The van der Waals surface area contributed by atoms with Gasteiger partial charge in [-0.1, -0.05) is 15.9 Å². The molecular weight excluding hydrogens is 258 g/mol. The predicted molar refractivity (Wildman–Crippen MR) is 61.0 cm³/mol. The van der Waals surface area contributed by atoms with Gasteiger partial charge in [-0.05, 0) is 18.2 Å². The molecule has 0 saturated carbocycles. The molecule has 0 saturated heterocycles. The maximum atomic E-state index is 11.6. The molecule has 5 heteroatoms. The van der Waals surface area contributed by atoms with Gasteiger partial charge in [0.15, 0.2) is 0 Å². The van der Waals surface area contributed by atoms with E-state index in [0.717, 1.165) is 15.4 Å². The van der Waals surface area contributed by atoms with Gasteiger partial charge >= 0.3 is 5.69 Å². The Kier molecular flexibility index (Phi) is 1.70. The fraction of sp³-hybridized carbons (Fsp3) is 0. The molecule has 1 N–H and O–H groups in total. The molecule has 1 aromatic carbocycles. The first-order valence-electron chi connectivity index (χ1n) is 4.40. The number of nitrogens with one attached hydrogen (secondary N) is 1. The number of imidazole rings is 1. The molecule has 3 rings (SSSR count). The molecule has 0 atom stereocenters. The molecule has 15 heavy (non-hydrogen) atoms. The summed E-state index contributed by atoms with van der Waals surface area (Å²) < 4.78 is 2.46. The molecule has 0 unspecified atom stereocenters. The van der Waals surface area contributed by atoms with Gasteiger partial charge in [-0.15, -0.1) is 0 Å². The van der Waals surface area contributed by atoms with Crippen LogP contribution < -0.4 is 5.69 Å². The third-order valence-corrected chi connectivity index (χ3v) is 2.82. The standard InChI is InChI=1S/C10H6BrN3O/c11-6-1-2-8-7(5-6)9-12-3-4-14(9)10(15)13-8/h1-5H,(H,13,15). The molecule has 0 amide bonds. The molecule has 2 aromatic heterocycles. The summed E-state index contributed by atoms with van der Waals surface area (Å²) >= 11 is 3.40. The van der Waals surface area contributed by atoms with Crippen LogP contribution in [0.1, 0.15) is 0 Å². The lowest BCUT2D eigenvalue weighted by atomic mass is 10.2. The highest BCUT2D eigenvalue weighted by atomic mass is 79.9. The number of aromatic amines is 1. The summed E-state index contributed by atoms with van der Waals surface area (Å²) in [6.45, 7) is 0. The molecule has 74 valence electrons. The molecule has 4 nitrogen and oxygen atoms in total. The number of H-pyrrole nitrogens is 1. The minimum atomic E-state index is -0.169. The Morgan fingerprint density at radius 3 is 3.13 bits per heavy atom. The third kappa shape index (κ3) is 1.20. The second-order valence-corrected chi connectivity index (χ2v) is 4.16. The van der Waals surface area contributed by atoms with Crippen LogP contribution >= 0.6 is 15.9 Å². The minimum absolute atomic E-state index is 0.169. The summed E-state index contributed by atoms with van der Waals surface area (Å²) in [4.78, 5) is 18.6. The van der Waals surface area contributed by atoms with Crippen molar-refractivity contribution in [1.82, 2.24) is 14.4 Å². The molecule has 0 aliphatic rings. The third-order valence-electron chi connectivity index (χ3n) is 2.32. The molecule has 0 spiro atoms. The number of nitrogens with zero attached hydrogens (tertiary/aromatic N) is 2. The largest absolute Gasteiger partial charge is 0.331 e. The Morgan fingerprint density at radius 1 is 1.40 bits per heavy atom. The zero-order valence-corrected chi connectivity index (χ0v) is 9.15. The normalized spacial score (nSPS) is 11.3. The predicted octanol–water partition coefficient (Wildman–Crippen LogP) is 1.94. The average Bonchev–Trinajstić information content (AvgIpc) is 2.69. The molecule has 0 radical (unpaired) electrons. The molecular formula is C10H6BrN3O. The van der Waals surface area contributed by atoms with E-state index in [1.54, 1.807) is 12.4 Å². The first kappa shape index (κ1) is 8.67. The number of halogens is 1. The summed E-state index contributed by atoms with van der Waals surface area (Å²) in [5, 5.41) is 0.925. The highest BCUT2D eigenvalue weighted by molar-refractivity contribution is 9.10. The van der Waals surface area contributed by atoms with E-state index in [9.17, 15) is 4.79 Å². The van der Waals surface area contributed by atoms with E-state index in [1.165, 1.54) is 4.40 Å². The van der Waals surface area contributed by atoms with E-state index in [1.807, 2.05) is 18.2 Å². The summed E-state index contributed by atoms with van der Waals surface area (Å²) in [6, 6.07) is 5.68. The van der Waals surface area contributed by atoms with Gasteiger partial charge in [0.05, 0.1) is 5.52 Å². The summed E-state index contributed by atoms with van der Waals surface area (Å²) in [5.41, 5.74) is 1.30. The van der Waals surface area contributed by atoms with Gasteiger partial charge in [-0.3, -0.25) is 4.40 Å². The van der Waals surface area contributed by atoms with Crippen LogP contribution in [0, 0.1) is 0 Å². The van der Waals surface area contributed by atoms with Crippen molar-refractivity contribution >= 4 is 32.5 Å². The van der Waals surface area contributed by atoms with Crippen molar-refractivity contribution in [2.24, 2.45) is 0 Å². The van der Waals surface area contributed by atoms with Gasteiger partial charge in [0.2, 0.25) is 0 Å². The van der Waals surface area contributed by atoms with E-state index < -0.39 is 0 Å². The topological polar surface area (TPSA) is 50.2 Å². The number of hydrogen-bond donors (Lipinski definition) is 1. The first-order chi connectivity index (χ1) is 7.25. The maximum absolute atomic E-state index is 11.6. The lowest BCUT2D eigenvalue weighted by Crippen LogP contribution is -2.15. The van der Waals surface area contributed by atoms with Gasteiger partial charge in [0.25, 0.3) is 0 Å². The van der Waals surface area contributed by atoms with E-state index in [0.29, 0.717) is 5.65 Å². The number of rotatable bonds is 0. The fourth-order valence-electron chi connectivity index (χ4n) is 1.65. The quantitative estimate of drug-likeness (QED) is 0.674. The second-order valence-electron chi connectivity index (χ2n) is 3.24. The number of fused-ring (bicyclic) bond motifs is 3. The number of hydrogen-bond acceptors (Lipinski definition) is 2. The van der Waals surface area contributed by atoms with Gasteiger partial charge in [0.1, 0.15) is 5.65 Å². The lowest BCUT2D eigenvalue weighted by Gasteiger charge is -2.00. The van der Waals surface area contributed by atoms with E-state index >= 15 is 0 Å². The minimum Gasteiger partial charge on any atom is -0.306 e. The van der Waals surface area contributed by atoms with Gasteiger partial charge < -0.3 is 4.98 Å². The van der Waals surface area contributed by atoms with Crippen LogP contribution in [0.25, 0.3) is 16.6 Å². The monoisotopic (exact) mass is 263 g/mol. The Bertz CT molecular complexity index is 713. The average molecular weight is 264 g/mol. The molecule has 3 aromatic rings. The Balaban J connectivity index is 2.67. The zero-order valence-electron chi connectivity index (χ0n) is 7.57. The molecule has 0 aliphatic carbocycles. The molecule has 0 bridgehead atoms. The highest BCUT2D eigenvalue weighted by Gasteiger charge is 2.05. The van der Waals surface area contributed by atoms with Crippen molar-refractivity contribution in [3.8, 4) is 0 Å². The maximum Gasteiger partial charge on any atom is 0.331 e. The fourth-order valence-corrected chi connectivity index (χ4v) is 2.01. The number of benzene rings is 1. The smallest absolute Gasteiger partial charge is 0.306 e. The van der Waals surface area contributed by atoms with Crippen molar-refractivity contribution in [3.63, 3.8) is 0 Å². The summed E-state index contributed by atoms with van der Waals surface area (Å²) in [7, 11) is 0. The van der Waals surface area contributed by atoms with E-state index in [-0.39, 0.29) is 5.69 Å². The molecule has 2 heterocycles. The van der Waals surface area contributed by atoms with Crippen LogP contribution in [-0.2, 0) is 0 Å². The van der Waals surface area contributed by atoms with Crippen molar-refractivity contribution in [2.45, 2.75) is 0 Å². The van der Waals surface area contributed by atoms with Crippen molar-refractivity contribution < 1.29 is 0 Å². The van der Waals surface area contributed by atoms with Crippen LogP contribution in [0.5, 0.6) is 0 Å². The van der Waals surface area contributed by atoms with Crippen molar-refractivity contribution in [1.29, 1.82) is 0 Å². The second kappa shape index (κ2) is 2.93.